The van der Waals surface area contributed by atoms with Gasteiger partial charge in [-0.3, -0.25) is 14.4 Å². The van der Waals surface area contributed by atoms with Crippen LogP contribution < -0.4 is 0 Å². The van der Waals surface area contributed by atoms with Crippen molar-refractivity contribution in [1.82, 2.24) is 0 Å². The van der Waals surface area contributed by atoms with E-state index in [2.05, 4.69) is 27.7 Å². The topological polar surface area (TPSA) is 78.9 Å². The largest absolute Gasteiger partial charge is 0.462 e. The van der Waals surface area contributed by atoms with Crippen LogP contribution in [0.15, 0.2) is 0 Å². The first-order valence-electron chi connectivity index (χ1n) is 29.4. The Balaban J connectivity index is 4.27. The molecule has 386 valence electrons. The minimum Gasteiger partial charge on any atom is -0.462 e. The third kappa shape index (κ3) is 53.2. The number of rotatable bonds is 54. The van der Waals surface area contributed by atoms with E-state index < -0.39 is 6.10 Å². The quantitative estimate of drug-likeness (QED) is 0.0344. The molecule has 0 saturated heterocycles. The van der Waals surface area contributed by atoms with Crippen LogP contribution in [0.4, 0.5) is 0 Å². The third-order valence-electron chi connectivity index (χ3n) is 13.5. The van der Waals surface area contributed by atoms with Gasteiger partial charge in [0.15, 0.2) is 6.10 Å². The molecule has 0 aliphatic carbocycles. The first-order chi connectivity index (χ1) is 31.9. The van der Waals surface area contributed by atoms with E-state index in [1.54, 1.807) is 0 Å². The molecule has 0 spiro atoms. The van der Waals surface area contributed by atoms with E-state index in [0.29, 0.717) is 19.3 Å². The number of carbonyl (C=O) groups excluding carboxylic acids is 3. The highest BCUT2D eigenvalue weighted by Crippen LogP contribution is 2.18. The summed E-state index contributed by atoms with van der Waals surface area (Å²) < 4.78 is 16.9. The van der Waals surface area contributed by atoms with Crippen molar-refractivity contribution in [3.05, 3.63) is 0 Å². The van der Waals surface area contributed by atoms with Gasteiger partial charge in [0, 0.05) is 19.3 Å². The lowest BCUT2D eigenvalue weighted by atomic mass is 10.0. The smallest absolute Gasteiger partial charge is 0.306 e. The Morgan fingerprint density at radius 3 is 0.754 bits per heavy atom. The van der Waals surface area contributed by atoms with Crippen molar-refractivity contribution in [2.75, 3.05) is 13.2 Å². The SMILES string of the molecule is CCCCCCCCCCCCCCCCCCCCCC(=O)OC[C@H](COC(=O)CCCCCCCCCCCCCC(C)C)OC(=O)CCCCCCCCCCCCCCCC. The number of hydrogen-bond acceptors (Lipinski definition) is 6. The first-order valence-corrected chi connectivity index (χ1v) is 29.4. The lowest BCUT2D eigenvalue weighted by molar-refractivity contribution is -0.167. The Kier molecular flexibility index (Phi) is 52.1. The van der Waals surface area contributed by atoms with Crippen LogP contribution in [0.5, 0.6) is 0 Å². The van der Waals surface area contributed by atoms with Gasteiger partial charge in [-0.15, -0.1) is 0 Å². The van der Waals surface area contributed by atoms with Crippen molar-refractivity contribution in [2.24, 2.45) is 5.92 Å². The van der Waals surface area contributed by atoms with Crippen molar-refractivity contribution in [1.29, 1.82) is 0 Å². The lowest BCUT2D eigenvalue weighted by Gasteiger charge is -2.18. The highest BCUT2D eigenvalue weighted by atomic mass is 16.6. The van der Waals surface area contributed by atoms with Crippen molar-refractivity contribution < 1.29 is 28.6 Å². The minimum atomic E-state index is -0.762. The maximum Gasteiger partial charge on any atom is 0.306 e. The van der Waals surface area contributed by atoms with Crippen LogP contribution in [0.1, 0.15) is 336 Å². The van der Waals surface area contributed by atoms with Gasteiger partial charge < -0.3 is 14.2 Å². The van der Waals surface area contributed by atoms with Crippen LogP contribution in [0.3, 0.4) is 0 Å². The average molecular weight is 920 g/mol. The van der Waals surface area contributed by atoms with E-state index in [0.717, 1.165) is 63.7 Å². The second-order valence-electron chi connectivity index (χ2n) is 20.8. The second-order valence-corrected chi connectivity index (χ2v) is 20.8. The predicted octanol–water partition coefficient (Wildman–Crippen LogP) is 19.4. The maximum atomic E-state index is 12.8. The van der Waals surface area contributed by atoms with Crippen LogP contribution in [0.2, 0.25) is 0 Å². The fraction of sp³-hybridized carbons (Fsp3) is 0.949. The van der Waals surface area contributed by atoms with E-state index >= 15 is 0 Å². The third-order valence-corrected chi connectivity index (χ3v) is 13.5. The molecular formula is C59H114O6. The molecule has 0 saturated carbocycles. The first kappa shape index (κ1) is 63.4. The van der Waals surface area contributed by atoms with Crippen molar-refractivity contribution in [2.45, 2.75) is 342 Å². The summed E-state index contributed by atoms with van der Waals surface area (Å²) in [6.45, 7) is 9.05. The molecule has 6 nitrogen and oxygen atoms in total. The summed E-state index contributed by atoms with van der Waals surface area (Å²) in [7, 11) is 0. The number of ether oxygens (including phenoxy) is 3. The second kappa shape index (κ2) is 53.4. The van der Waals surface area contributed by atoms with Gasteiger partial charge in [-0.1, -0.05) is 297 Å². The van der Waals surface area contributed by atoms with Crippen LogP contribution in [0, 0.1) is 5.92 Å². The van der Waals surface area contributed by atoms with Gasteiger partial charge in [0.25, 0.3) is 0 Å². The van der Waals surface area contributed by atoms with Gasteiger partial charge in [0.2, 0.25) is 0 Å². The average Bonchev–Trinajstić information content (AvgIpc) is 3.29. The number of hydrogen-bond donors (Lipinski definition) is 0. The molecule has 0 aromatic rings. The van der Waals surface area contributed by atoms with Crippen molar-refractivity contribution in [3.8, 4) is 0 Å². The van der Waals surface area contributed by atoms with Crippen LogP contribution in [-0.2, 0) is 28.6 Å². The number of unbranched alkanes of at least 4 members (excludes halogenated alkanes) is 41. The fourth-order valence-corrected chi connectivity index (χ4v) is 9.10. The number of esters is 3. The van der Waals surface area contributed by atoms with Gasteiger partial charge in [-0.2, -0.15) is 0 Å². The highest BCUT2D eigenvalue weighted by Gasteiger charge is 2.19. The number of carbonyl (C=O) groups is 3. The summed E-state index contributed by atoms with van der Waals surface area (Å²) in [4.78, 5) is 38.1. The molecule has 0 aliphatic rings. The molecule has 0 fully saturated rings. The van der Waals surface area contributed by atoms with Crippen LogP contribution in [0.25, 0.3) is 0 Å². The summed E-state index contributed by atoms with van der Waals surface area (Å²) in [5, 5.41) is 0. The monoisotopic (exact) mass is 919 g/mol. The zero-order chi connectivity index (χ0) is 47.4. The van der Waals surface area contributed by atoms with E-state index in [1.165, 1.54) is 231 Å². The van der Waals surface area contributed by atoms with Crippen LogP contribution in [-0.4, -0.2) is 37.2 Å². The van der Waals surface area contributed by atoms with E-state index in [4.69, 9.17) is 14.2 Å². The Bertz CT molecular complexity index is 980. The summed E-state index contributed by atoms with van der Waals surface area (Å²) in [6, 6.07) is 0. The summed E-state index contributed by atoms with van der Waals surface area (Å²) >= 11 is 0. The van der Waals surface area contributed by atoms with E-state index in [-0.39, 0.29) is 31.1 Å². The molecule has 0 rings (SSSR count). The zero-order valence-electron chi connectivity index (χ0n) is 44.5. The Morgan fingerprint density at radius 2 is 0.508 bits per heavy atom. The molecule has 0 amide bonds. The molecule has 0 radical (unpaired) electrons. The van der Waals surface area contributed by atoms with Gasteiger partial charge in [0.1, 0.15) is 13.2 Å². The summed E-state index contributed by atoms with van der Waals surface area (Å²) in [6.07, 6.45) is 58.1. The minimum absolute atomic E-state index is 0.0618. The maximum absolute atomic E-state index is 12.8. The fourth-order valence-electron chi connectivity index (χ4n) is 9.10. The van der Waals surface area contributed by atoms with E-state index in [9.17, 15) is 14.4 Å². The lowest BCUT2D eigenvalue weighted by Crippen LogP contribution is -2.30. The molecule has 65 heavy (non-hydrogen) atoms. The van der Waals surface area contributed by atoms with Crippen molar-refractivity contribution >= 4 is 17.9 Å². The standard InChI is InChI=1S/C59H114O6/c1-5-7-9-11-13-15-17-19-21-22-23-24-25-27-30-34-38-42-46-50-57(60)63-53-56(65-59(62)52-48-44-40-36-31-26-20-18-16-14-12-10-8-6-2)54-64-58(61)51-47-43-39-35-32-28-29-33-37-41-45-49-55(3)4/h55-56H,5-54H2,1-4H3/t56-/m1/s1. The molecule has 0 N–H and O–H groups in total. The molecular weight excluding hydrogens is 805 g/mol. The van der Waals surface area contributed by atoms with Gasteiger partial charge in [0.05, 0.1) is 0 Å². The highest BCUT2D eigenvalue weighted by molar-refractivity contribution is 5.71. The normalized spacial score (nSPS) is 12.0. The molecule has 0 aromatic heterocycles. The molecule has 0 unspecified atom stereocenters. The molecule has 6 heteroatoms. The molecule has 0 aromatic carbocycles. The molecule has 0 heterocycles. The zero-order valence-corrected chi connectivity index (χ0v) is 44.5. The molecule has 0 bridgehead atoms. The van der Waals surface area contributed by atoms with Crippen molar-refractivity contribution in [3.63, 3.8) is 0 Å². The van der Waals surface area contributed by atoms with Gasteiger partial charge >= 0.3 is 17.9 Å². The Morgan fingerprint density at radius 1 is 0.292 bits per heavy atom. The predicted molar refractivity (Wildman–Crippen MR) is 280 cm³/mol. The van der Waals surface area contributed by atoms with Crippen LogP contribution >= 0.6 is 0 Å². The Hall–Kier alpha value is -1.59. The molecule has 0 aliphatic heterocycles. The summed E-state index contributed by atoms with van der Waals surface area (Å²) in [5.74, 6) is -0.00824. The summed E-state index contributed by atoms with van der Waals surface area (Å²) in [5.41, 5.74) is 0. The molecule has 1 atom stereocenters. The van der Waals surface area contributed by atoms with Gasteiger partial charge in [-0.25, -0.2) is 0 Å². The van der Waals surface area contributed by atoms with E-state index in [1.807, 2.05) is 0 Å². The van der Waals surface area contributed by atoms with Gasteiger partial charge in [-0.05, 0) is 25.2 Å². The Labute approximate surface area is 406 Å².